The van der Waals surface area contributed by atoms with Crippen LogP contribution < -0.4 is 5.32 Å². The van der Waals surface area contributed by atoms with Crippen molar-refractivity contribution in [1.82, 2.24) is 9.78 Å². The van der Waals surface area contributed by atoms with Gasteiger partial charge in [-0.15, -0.1) is 0 Å². The van der Waals surface area contributed by atoms with Crippen LogP contribution in [0, 0.1) is 11.3 Å². The van der Waals surface area contributed by atoms with Crippen LogP contribution in [0.1, 0.15) is 45.9 Å². The Hall–Kier alpha value is -2.66. The van der Waals surface area contributed by atoms with Crippen molar-refractivity contribution in [1.29, 1.82) is 5.26 Å². The van der Waals surface area contributed by atoms with Crippen LogP contribution in [0.2, 0.25) is 0 Å². The van der Waals surface area contributed by atoms with Crippen LogP contribution in [0.5, 0.6) is 0 Å². The Balaban J connectivity index is 2.34. The molecule has 0 fully saturated rings. The van der Waals surface area contributed by atoms with Gasteiger partial charge in [0.05, 0.1) is 22.2 Å². The van der Waals surface area contributed by atoms with Gasteiger partial charge in [0.2, 0.25) is 5.91 Å². The van der Waals surface area contributed by atoms with Gasteiger partial charge in [0.15, 0.2) is 9.84 Å². The van der Waals surface area contributed by atoms with E-state index in [1.54, 1.807) is 13.1 Å². The molecule has 0 radical (unpaired) electrons. The number of nitrogens with one attached hydrogen (secondary N) is 1. The molecule has 0 aliphatic heterocycles. The number of carbonyl (C=O) groups excluding carboxylic acids is 1. The molecule has 2 rings (SSSR count). The van der Waals surface area contributed by atoms with E-state index < -0.39 is 20.5 Å². The van der Waals surface area contributed by atoms with E-state index in [0.29, 0.717) is 11.4 Å². The maximum Gasteiger partial charge on any atom is 0.246 e. The fourth-order valence-electron chi connectivity index (χ4n) is 2.34. The van der Waals surface area contributed by atoms with Crippen molar-refractivity contribution in [2.24, 2.45) is 7.05 Å². The number of amides is 1. The topological polar surface area (TPSA) is 105 Å². The van der Waals surface area contributed by atoms with Crippen molar-refractivity contribution in [3.8, 4) is 6.07 Å². The first-order valence-corrected chi connectivity index (χ1v) is 9.90. The monoisotopic (exact) mass is 388 g/mol. The zero-order valence-electron chi connectivity index (χ0n) is 16.4. The van der Waals surface area contributed by atoms with Crippen molar-refractivity contribution in [2.45, 2.75) is 49.7 Å². The largest absolute Gasteiger partial charge is 0.310 e. The van der Waals surface area contributed by atoms with E-state index in [0.717, 1.165) is 5.69 Å². The number of anilines is 1. The third-order valence-electron chi connectivity index (χ3n) is 4.40. The molecule has 144 valence electrons. The van der Waals surface area contributed by atoms with E-state index in [-0.39, 0.29) is 10.3 Å². The molecule has 7 nitrogen and oxygen atoms in total. The molecule has 0 atom stereocenters. The SMILES string of the molecule is Cn1nc(C(C)(C)C)cc1NC(=O)C(C)(C)S(=O)(=O)c1ccc(C#N)cc1. The van der Waals surface area contributed by atoms with E-state index in [9.17, 15) is 13.2 Å². The van der Waals surface area contributed by atoms with Gasteiger partial charge in [-0.1, -0.05) is 20.8 Å². The highest BCUT2D eigenvalue weighted by atomic mass is 32.2. The fourth-order valence-corrected chi connectivity index (χ4v) is 3.72. The summed E-state index contributed by atoms with van der Waals surface area (Å²) in [5.41, 5.74) is 0.930. The predicted octanol–water partition coefficient (Wildman–Crippen LogP) is 2.78. The van der Waals surface area contributed by atoms with Gasteiger partial charge in [-0.25, -0.2) is 8.42 Å². The number of benzene rings is 1. The van der Waals surface area contributed by atoms with E-state index in [2.05, 4.69) is 10.4 Å². The Bertz CT molecular complexity index is 1000. The summed E-state index contributed by atoms with van der Waals surface area (Å²) < 4.78 is 25.7. The van der Waals surface area contributed by atoms with Gasteiger partial charge in [-0.05, 0) is 38.1 Å². The summed E-state index contributed by atoms with van der Waals surface area (Å²) in [6.07, 6.45) is 0. The number of carbonyl (C=O) groups is 1. The molecule has 1 aromatic carbocycles. The maximum atomic E-state index is 13.0. The van der Waals surface area contributed by atoms with Crippen LogP contribution in [-0.2, 0) is 27.1 Å². The number of hydrogen-bond acceptors (Lipinski definition) is 5. The fraction of sp³-hybridized carbons (Fsp3) is 0.421. The second kappa shape index (κ2) is 6.82. The number of nitriles is 1. The summed E-state index contributed by atoms with van der Waals surface area (Å²) in [7, 11) is -2.28. The van der Waals surface area contributed by atoms with Crippen molar-refractivity contribution in [3.05, 3.63) is 41.6 Å². The minimum atomic E-state index is -3.97. The molecule has 2 aromatic rings. The average Bonchev–Trinajstić information content (AvgIpc) is 2.95. The molecule has 0 bridgehead atoms. The van der Waals surface area contributed by atoms with Gasteiger partial charge in [-0.2, -0.15) is 10.4 Å². The molecule has 0 aliphatic carbocycles. The van der Waals surface area contributed by atoms with Gasteiger partial charge in [0, 0.05) is 18.5 Å². The molecule has 1 aromatic heterocycles. The number of hydrogen-bond donors (Lipinski definition) is 1. The van der Waals surface area contributed by atoms with Crippen molar-refractivity contribution in [3.63, 3.8) is 0 Å². The molecule has 1 amide bonds. The van der Waals surface area contributed by atoms with Crippen molar-refractivity contribution in [2.75, 3.05) is 5.32 Å². The number of aryl methyl sites for hydroxylation is 1. The summed E-state index contributed by atoms with van der Waals surface area (Å²) in [6.45, 7) is 8.72. The summed E-state index contributed by atoms with van der Waals surface area (Å²) in [5, 5.41) is 15.9. The van der Waals surface area contributed by atoms with E-state index in [1.165, 1.54) is 42.8 Å². The van der Waals surface area contributed by atoms with E-state index in [1.807, 2.05) is 26.8 Å². The predicted molar refractivity (Wildman–Crippen MR) is 103 cm³/mol. The van der Waals surface area contributed by atoms with Crippen LogP contribution in [0.4, 0.5) is 5.82 Å². The molecule has 1 N–H and O–H groups in total. The van der Waals surface area contributed by atoms with Gasteiger partial charge >= 0.3 is 0 Å². The number of aromatic nitrogens is 2. The Morgan fingerprint density at radius 3 is 2.15 bits per heavy atom. The van der Waals surface area contributed by atoms with Gasteiger partial charge in [0.25, 0.3) is 0 Å². The highest BCUT2D eigenvalue weighted by molar-refractivity contribution is 7.93. The Morgan fingerprint density at radius 1 is 1.15 bits per heavy atom. The average molecular weight is 388 g/mol. The summed E-state index contributed by atoms with van der Waals surface area (Å²) in [4.78, 5) is 12.8. The normalized spacial score (nSPS) is 12.5. The Kier molecular flexibility index (Phi) is 5.21. The third-order valence-corrected chi connectivity index (χ3v) is 6.82. The number of nitrogens with zero attached hydrogens (tertiary/aromatic N) is 3. The zero-order valence-corrected chi connectivity index (χ0v) is 17.2. The van der Waals surface area contributed by atoms with Crippen LogP contribution in [-0.4, -0.2) is 28.9 Å². The Morgan fingerprint density at radius 2 is 1.70 bits per heavy atom. The van der Waals surface area contributed by atoms with Crippen molar-refractivity contribution < 1.29 is 13.2 Å². The molecular weight excluding hydrogens is 364 g/mol. The molecule has 0 saturated carbocycles. The van der Waals surface area contributed by atoms with Crippen LogP contribution >= 0.6 is 0 Å². The lowest BCUT2D eigenvalue weighted by Gasteiger charge is -2.23. The molecule has 0 saturated heterocycles. The van der Waals surface area contributed by atoms with Gasteiger partial charge in [-0.3, -0.25) is 9.48 Å². The molecular formula is C19H24N4O3S. The second-order valence-electron chi connectivity index (χ2n) is 7.89. The lowest BCUT2D eigenvalue weighted by molar-refractivity contribution is -0.117. The molecule has 8 heteroatoms. The lowest BCUT2D eigenvalue weighted by Crippen LogP contribution is -2.44. The maximum absolute atomic E-state index is 13.0. The zero-order chi connectivity index (χ0) is 20.6. The molecule has 0 spiro atoms. The van der Waals surface area contributed by atoms with Crippen molar-refractivity contribution >= 4 is 21.6 Å². The smallest absolute Gasteiger partial charge is 0.246 e. The summed E-state index contributed by atoms with van der Waals surface area (Å²) in [6, 6.07) is 9.18. The highest BCUT2D eigenvalue weighted by Gasteiger charge is 2.43. The first kappa shape index (κ1) is 20.6. The summed E-state index contributed by atoms with van der Waals surface area (Å²) in [5.74, 6) is -0.233. The molecule has 27 heavy (non-hydrogen) atoms. The number of rotatable bonds is 4. The molecule has 0 unspecified atom stereocenters. The van der Waals surface area contributed by atoms with E-state index >= 15 is 0 Å². The van der Waals surface area contributed by atoms with Crippen LogP contribution in [0.25, 0.3) is 0 Å². The summed E-state index contributed by atoms with van der Waals surface area (Å²) >= 11 is 0. The first-order valence-electron chi connectivity index (χ1n) is 8.41. The minimum Gasteiger partial charge on any atom is -0.310 e. The quantitative estimate of drug-likeness (QED) is 0.867. The molecule has 1 heterocycles. The van der Waals surface area contributed by atoms with Gasteiger partial charge < -0.3 is 5.32 Å². The third kappa shape index (κ3) is 3.88. The standard InChI is InChI=1S/C19H24N4O3S/c1-18(2,3)15-11-16(23(6)22-15)21-17(24)19(4,5)27(25,26)14-9-7-13(12-20)8-10-14/h7-11H,1-6H3,(H,21,24). The second-order valence-corrected chi connectivity index (χ2v) is 10.4. The number of sulfone groups is 1. The minimum absolute atomic E-state index is 0.0120. The van der Waals surface area contributed by atoms with Crippen LogP contribution in [0.15, 0.2) is 35.2 Å². The van der Waals surface area contributed by atoms with Crippen LogP contribution in [0.3, 0.4) is 0 Å². The Labute approximate surface area is 159 Å². The first-order chi connectivity index (χ1) is 12.3. The van der Waals surface area contributed by atoms with E-state index in [4.69, 9.17) is 5.26 Å². The lowest BCUT2D eigenvalue weighted by atomic mass is 9.92. The van der Waals surface area contributed by atoms with Gasteiger partial charge in [0.1, 0.15) is 10.6 Å². The highest BCUT2D eigenvalue weighted by Crippen LogP contribution is 2.28. The molecule has 0 aliphatic rings.